The van der Waals surface area contributed by atoms with Gasteiger partial charge in [-0.25, -0.2) is 0 Å². The smallest absolute Gasteiger partial charge is 0.251 e. The Kier molecular flexibility index (Phi) is 8.14. The molecular weight excluding hydrogens is 510 g/mol. The second-order valence-corrected chi connectivity index (χ2v) is 12.0. The van der Waals surface area contributed by atoms with E-state index in [9.17, 15) is 24.0 Å². The first kappa shape index (κ1) is 28.1. The molecule has 4 heterocycles. The van der Waals surface area contributed by atoms with Crippen molar-refractivity contribution >= 4 is 35.1 Å². The third-order valence-corrected chi connectivity index (χ3v) is 8.84. The van der Waals surface area contributed by atoms with E-state index >= 15 is 0 Å². The molecule has 1 aromatic carbocycles. The number of amides is 4. The van der Waals surface area contributed by atoms with E-state index in [-0.39, 0.29) is 41.9 Å². The average Bonchev–Trinajstić information content (AvgIpc) is 3.73. The van der Waals surface area contributed by atoms with Crippen molar-refractivity contribution in [3.63, 3.8) is 0 Å². The van der Waals surface area contributed by atoms with Crippen molar-refractivity contribution in [2.75, 3.05) is 37.6 Å². The van der Waals surface area contributed by atoms with Crippen LogP contribution in [0, 0.1) is 5.92 Å². The number of carbonyl (C=O) groups is 5. The zero-order chi connectivity index (χ0) is 28.6. The highest BCUT2D eigenvalue weighted by atomic mass is 16.2. The first-order valence-corrected chi connectivity index (χ1v) is 14.7. The number of rotatable bonds is 7. The second-order valence-electron chi connectivity index (χ2n) is 12.0. The minimum absolute atomic E-state index is 0.0508. The molecule has 4 saturated heterocycles. The molecule has 216 valence electrons. The summed E-state index contributed by atoms with van der Waals surface area (Å²) in [7, 11) is 0. The van der Waals surface area contributed by atoms with Crippen LogP contribution in [-0.2, 0) is 19.2 Å². The molecule has 4 fully saturated rings. The predicted molar refractivity (Wildman–Crippen MR) is 150 cm³/mol. The molecule has 10 heteroatoms. The minimum Gasteiger partial charge on any atom is -0.372 e. The van der Waals surface area contributed by atoms with Crippen molar-refractivity contribution < 1.29 is 24.0 Å². The molecule has 40 heavy (non-hydrogen) atoms. The number of anilines is 1. The van der Waals surface area contributed by atoms with Crippen molar-refractivity contribution in [3.05, 3.63) is 29.8 Å². The van der Waals surface area contributed by atoms with Crippen molar-refractivity contribution in [1.82, 2.24) is 20.0 Å². The van der Waals surface area contributed by atoms with Gasteiger partial charge in [0.1, 0.15) is 18.1 Å². The number of hydrogen-bond acceptors (Lipinski definition) is 6. The summed E-state index contributed by atoms with van der Waals surface area (Å²) < 4.78 is 0. The van der Waals surface area contributed by atoms with E-state index in [0.29, 0.717) is 37.9 Å². The maximum atomic E-state index is 13.8. The molecular formula is C30H41N5O5. The molecule has 1 N–H and O–H groups in total. The number of carbonyl (C=O) groups excluding carboxylic acids is 5. The van der Waals surface area contributed by atoms with Gasteiger partial charge in [-0.1, -0.05) is 13.8 Å². The Morgan fingerprint density at radius 1 is 0.900 bits per heavy atom. The molecule has 4 unspecified atom stereocenters. The lowest BCUT2D eigenvalue weighted by Gasteiger charge is -2.31. The van der Waals surface area contributed by atoms with Crippen molar-refractivity contribution in [2.45, 2.75) is 83.5 Å². The highest BCUT2D eigenvalue weighted by molar-refractivity contribution is 6.01. The summed E-state index contributed by atoms with van der Waals surface area (Å²) in [5.74, 6) is -0.961. The van der Waals surface area contributed by atoms with Crippen LogP contribution in [0.3, 0.4) is 0 Å². The van der Waals surface area contributed by atoms with Crippen LogP contribution >= 0.6 is 0 Å². The van der Waals surface area contributed by atoms with E-state index < -0.39 is 24.2 Å². The van der Waals surface area contributed by atoms with Crippen LogP contribution in [0.5, 0.6) is 0 Å². The standard InChI is InChI=1S/C30H41N5O5/c1-19(2)17-23(31-28(38)21-8-10-22(11-9-21)32-13-4-5-14-32)29(39)34-16-12-24-27(34)26(37)18-35(24)30(40)25-7-6-15-33(25)20(3)36/h8-11,19,23-25,27H,4-7,12-18H2,1-3H3,(H,31,38). The Labute approximate surface area is 236 Å². The topological polar surface area (TPSA) is 110 Å². The van der Waals surface area contributed by atoms with E-state index in [1.54, 1.807) is 26.8 Å². The van der Waals surface area contributed by atoms with Crippen LogP contribution in [0.4, 0.5) is 5.69 Å². The zero-order valence-corrected chi connectivity index (χ0v) is 23.8. The Bertz CT molecular complexity index is 1160. The largest absolute Gasteiger partial charge is 0.372 e. The molecule has 0 aromatic heterocycles. The van der Waals surface area contributed by atoms with E-state index in [4.69, 9.17) is 0 Å². The number of ketones is 1. The summed E-state index contributed by atoms with van der Waals surface area (Å²) in [4.78, 5) is 72.7. The van der Waals surface area contributed by atoms with Crippen LogP contribution in [0.1, 0.15) is 69.7 Å². The fraction of sp³-hybridized carbons (Fsp3) is 0.633. The highest BCUT2D eigenvalue weighted by Crippen LogP contribution is 2.33. The first-order chi connectivity index (χ1) is 19.2. The van der Waals surface area contributed by atoms with Gasteiger partial charge in [0, 0.05) is 44.4 Å². The molecule has 0 radical (unpaired) electrons. The van der Waals surface area contributed by atoms with Gasteiger partial charge in [-0.3, -0.25) is 24.0 Å². The van der Waals surface area contributed by atoms with Gasteiger partial charge in [-0.15, -0.1) is 0 Å². The Morgan fingerprint density at radius 3 is 2.25 bits per heavy atom. The molecule has 0 spiro atoms. The quantitative estimate of drug-likeness (QED) is 0.554. The number of fused-ring (bicyclic) bond motifs is 1. The lowest BCUT2D eigenvalue weighted by molar-refractivity contribution is -0.143. The normalized spacial score (nSPS) is 25.1. The van der Waals surface area contributed by atoms with E-state index in [0.717, 1.165) is 25.2 Å². The molecule has 0 bridgehead atoms. The lowest BCUT2D eigenvalue weighted by Crippen LogP contribution is -2.53. The van der Waals surface area contributed by atoms with Gasteiger partial charge in [-0.2, -0.15) is 0 Å². The number of Topliss-reactive ketones (excluding diaryl/α,β-unsaturated/α-hetero) is 1. The van der Waals surface area contributed by atoms with Gasteiger partial charge in [0.15, 0.2) is 5.78 Å². The number of likely N-dealkylation sites (tertiary alicyclic amines) is 3. The van der Waals surface area contributed by atoms with Gasteiger partial charge >= 0.3 is 0 Å². The molecule has 4 aliphatic rings. The SMILES string of the molecule is CC(=O)N1CCCC1C(=O)N1CC(=O)C2C1CCN2C(=O)C(CC(C)C)NC(=O)c1ccc(N2CCCC2)cc1. The van der Waals surface area contributed by atoms with Crippen LogP contribution in [0.2, 0.25) is 0 Å². The second kappa shape index (κ2) is 11.6. The zero-order valence-electron chi connectivity index (χ0n) is 23.8. The van der Waals surface area contributed by atoms with Gasteiger partial charge < -0.3 is 24.9 Å². The maximum absolute atomic E-state index is 13.8. The highest BCUT2D eigenvalue weighted by Gasteiger charge is 2.53. The molecule has 10 nitrogen and oxygen atoms in total. The number of benzene rings is 1. The molecule has 0 aliphatic carbocycles. The van der Waals surface area contributed by atoms with E-state index in [1.165, 1.54) is 19.8 Å². The summed E-state index contributed by atoms with van der Waals surface area (Å²) in [5.41, 5.74) is 1.58. The fourth-order valence-corrected chi connectivity index (χ4v) is 6.88. The summed E-state index contributed by atoms with van der Waals surface area (Å²) in [6.07, 6.45) is 4.63. The Hall–Kier alpha value is -3.43. The molecule has 4 aliphatic heterocycles. The fourth-order valence-electron chi connectivity index (χ4n) is 6.88. The van der Waals surface area contributed by atoms with Gasteiger partial charge in [-0.05, 0) is 68.7 Å². The summed E-state index contributed by atoms with van der Waals surface area (Å²) in [6.45, 7) is 8.33. The van der Waals surface area contributed by atoms with E-state index in [1.807, 2.05) is 26.0 Å². The van der Waals surface area contributed by atoms with Crippen LogP contribution in [0.15, 0.2) is 24.3 Å². The summed E-state index contributed by atoms with van der Waals surface area (Å²) >= 11 is 0. The summed E-state index contributed by atoms with van der Waals surface area (Å²) in [6, 6.07) is 5.06. The molecule has 1 aromatic rings. The lowest BCUT2D eigenvalue weighted by atomic mass is 10.0. The Morgan fingerprint density at radius 2 is 1.60 bits per heavy atom. The molecule has 0 saturated carbocycles. The maximum Gasteiger partial charge on any atom is 0.251 e. The summed E-state index contributed by atoms with van der Waals surface area (Å²) in [5, 5.41) is 2.94. The number of nitrogens with one attached hydrogen (secondary N) is 1. The average molecular weight is 552 g/mol. The third kappa shape index (κ3) is 5.45. The first-order valence-electron chi connectivity index (χ1n) is 14.7. The minimum atomic E-state index is -0.773. The monoisotopic (exact) mass is 551 g/mol. The Balaban J connectivity index is 1.27. The molecule has 4 amide bonds. The van der Waals surface area contributed by atoms with Gasteiger partial charge in [0.05, 0.1) is 12.6 Å². The van der Waals surface area contributed by atoms with Gasteiger partial charge in [0.25, 0.3) is 5.91 Å². The number of hydrogen-bond donors (Lipinski definition) is 1. The predicted octanol–water partition coefficient (Wildman–Crippen LogP) is 1.82. The molecule has 4 atom stereocenters. The third-order valence-electron chi connectivity index (χ3n) is 8.84. The van der Waals surface area contributed by atoms with Crippen LogP contribution < -0.4 is 10.2 Å². The van der Waals surface area contributed by atoms with Crippen molar-refractivity contribution in [3.8, 4) is 0 Å². The van der Waals surface area contributed by atoms with Crippen molar-refractivity contribution in [2.24, 2.45) is 5.92 Å². The van der Waals surface area contributed by atoms with Crippen LogP contribution in [0.25, 0.3) is 0 Å². The number of nitrogens with zero attached hydrogens (tertiary/aromatic N) is 4. The van der Waals surface area contributed by atoms with Crippen LogP contribution in [-0.4, -0.2) is 101 Å². The van der Waals surface area contributed by atoms with Gasteiger partial charge in [0.2, 0.25) is 17.7 Å². The van der Waals surface area contributed by atoms with E-state index in [2.05, 4.69) is 10.2 Å². The van der Waals surface area contributed by atoms with Crippen molar-refractivity contribution in [1.29, 1.82) is 0 Å². The molecule has 5 rings (SSSR count).